The number of rotatable bonds is 12. The minimum absolute atomic E-state index is 0.167. The van der Waals surface area contributed by atoms with Gasteiger partial charge in [-0.25, -0.2) is 0 Å². The highest BCUT2D eigenvalue weighted by atomic mass is 16.3. The Morgan fingerprint density at radius 1 is 0.864 bits per heavy atom. The van der Waals surface area contributed by atoms with E-state index in [1.165, 1.54) is 71.6 Å². The van der Waals surface area contributed by atoms with Crippen molar-refractivity contribution in [3.8, 4) is 0 Å². The van der Waals surface area contributed by atoms with Gasteiger partial charge >= 0.3 is 0 Å². The van der Waals surface area contributed by atoms with Crippen molar-refractivity contribution in [3.05, 3.63) is 0 Å². The van der Waals surface area contributed by atoms with Gasteiger partial charge in [-0.15, -0.1) is 0 Å². The van der Waals surface area contributed by atoms with E-state index in [-0.39, 0.29) is 5.78 Å². The predicted octanol–water partition coefficient (Wildman–Crippen LogP) is 5.68. The van der Waals surface area contributed by atoms with Gasteiger partial charge in [0, 0.05) is 0 Å². The number of ketones is 1. The van der Waals surface area contributed by atoms with Crippen molar-refractivity contribution in [1.29, 1.82) is 0 Å². The average molecular weight is 315 g/mol. The number of aliphatic hydroxyl groups is 1. The second kappa shape index (κ2) is 16.6. The van der Waals surface area contributed by atoms with Crippen molar-refractivity contribution in [3.63, 3.8) is 0 Å². The number of hydrogen-bond acceptors (Lipinski definition) is 4. The van der Waals surface area contributed by atoms with E-state index >= 15 is 0 Å². The maximum Gasteiger partial charge on any atom is 0.170 e. The highest BCUT2D eigenvalue weighted by molar-refractivity contribution is 5.72. The van der Waals surface area contributed by atoms with Crippen molar-refractivity contribution in [2.45, 2.75) is 105 Å². The first-order valence-corrected chi connectivity index (χ1v) is 8.87. The molecular formula is C18H38N2O2. The fourth-order valence-electron chi connectivity index (χ4n) is 1.89. The molecule has 0 aliphatic heterocycles. The summed E-state index contributed by atoms with van der Waals surface area (Å²) in [6, 6.07) is 0. The summed E-state index contributed by atoms with van der Waals surface area (Å²) in [4.78, 5) is 9.44. The molecule has 1 N–H and O–H groups in total. The van der Waals surface area contributed by atoms with Gasteiger partial charge in [0.15, 0.2) is 5.72 Å². The van der Waals surface area contributed by atoms with Crippen LogP contribution in [-0.4, -0.2) is 23.2 Å². The van der Waals surface area contributed by atoms with E-state index in [1.807, 2.05) is 0 Å². The fraction of sp³-hybridized carbons (Fsp3) is 0.944. The van der Waals surface area contributed by atoms with Gasteiger partial charge in [-0.05, 0) is 34.1 Å². The molecule has 22 heavy (non-hydrogen) atoms. The zero-order valence-electron chi connectivity index (χ0n) is 15.5. The monoisotopic (exact) mass is 314 g/mol. The molecule has 0 fully saturated rings. The molecular weight excluding hydrogens is 276 g/mol. The Balaban J connectivity index is 0. The fourth-order valence-corrected chi connectivity index (χ4v) is 1.89. The first kappa shape index (κ1) is 23.5. The number of carbonyl (C=O) groups is 1. The van der Waals surface area contributed by atoms with Gasteiger partial charge in [-0.2, -0.15) is 10.2 Å². The smallest absolute Gasteiger partial charge is 0.170 e. The SMILES string of the molecule is CC(C)=O.CCCCCCCCCCCCN=NC(C)(C)O. The van der Waals surface area contributed by atoms with Gasteiger partial charge in [-0.1, -0.05) is 64.7 Å². The molecule has 0 saturated carbocycles. The van der Waals surface area contributed by atoms with Gasteiger partial charge in [-0.3, -0.25) is 0 Å². The van der Waals surface area contributed by atoms with Gasteiger partial charge in [0.05, 0.1) is 6.54 Å². The van der Waals surface area contributed by atoms with Crippen LogP contribution >= 0.6 is 0 Å². The molecule has 0 spiro atoms. The summed E-state index contributed by atoms with van der Waals surface area (Å²) in [6.45, 7) is 9.36. The van der Waals surface area contributed by atoms with Crippen molar-refractivity contribution in [2.75, 3.05) is 6.54 Å². The summed E-state index contributed by atoms with van der Waals surface area (Å²) in [5.41, 5.74) is -1.00. The third-order valence-electron chi connectivity index (χ3n) is 2.93. The van der Waals surface area contributed by atoms with Crippen LogP contribution in [0, 0.1) is 0 Å². The van der Waals surface area contributed by atoms with Crippen LogP contribution in [-0.2, 0) is 4.79 Å². The molecule has 4 heteroatoms. The molecule has 0 aliphatic rings. The number of Topliss-reactive ketones (excluding diaryl/α,β-unsaturated/α-hetero) is 1. The van der Waals surface area contributed by atoms with E-state index < -0.39 is 5.72 Å². The van der Waals surface area contributed by atoms with Gasteiger partial charge in [0.25, 0.3) is 0 Å². The average Bonchev–Trinajstić information content (AvgIpc) is 2.38. The van der Waals surface area contributed by atoms with Crippen LogP contribution in [0.2, 0.25) is 0 Å². The molecule has 132 valence electrons. The lowest BCUT2D eigenvalue weighted by atomic mass is 10.1. The van der Waals surface area contributed by atoms with Crippen molar-refractivity contribution in [2.24, 2.45) is 10.2 Å². The van der Waals surface area contributed by atoms with Crippen LogP contribution in [0.3, 0.4) is 0 Å². The molecule has 0 aromatic heterocycles. The van der Waals surface area contributed by atoms with Crippen LogP contribution in [0.25, 0.3) is 0 Å². The second-order valence-corrected chi connectivity index (χ2v) is 6.55. The summed E-state index contributed by atoms with van der Waals surface area (Å²) in [5.74, 6) is 0.167. The molecule has 0 amide bonds. The molecule has 0 heterocycles. The largest absolute Gasteiger partial charge is 0.368 e. The molecule has 0 aromatic carbocycles. The van der Waals surface area contributed by atoms with E-state index in [9.17, 15) is 9.90 Å². The third-order valence-corrected chi connectivity index (χ3v) is 2.93. The Kier molecular flexibility index (Phi) is 17.7. The van der Waals surface area contributed by atoms with Crippen molar-refractivity contribution in [1.82, 2.24) is 0 Å². The molecule has 0 radical (unpaired) electrons. The topological polar surface area (TPSA) is 62.0 Å². The molecule has 0 rings (SSSR count). The van der Waals surface area contributed by atoms with Crippen molar-refractivity contribution < 1.29 is 9.90 Å². The minimum atomic E-state index is -1.00. The molecule has 0 atom stereocenters. The lowest BCUT2D eigenvalue weighted by molar-refractivity contribution is -0.114. The summed E-state index contributed by atoms with van der Waals surface area (Å²) < 4.78 is 0. The molecule has 4 nitrogen and oxygen atoms in total. The number of nitrogens with zero attached hydrogens (tertiary/aromatic N) is 2. The lowest BCUT2D eigenvalue weighted by Crippen LogP contribution is -2.13. The Labute approximate surface area is 137 Å². The van der Waals surface area contributed by atoms with Crippen LogP contribution < -0.4 is 0 Å². The summed E-state index contributed by atoms with van der Waals surface area (Å²) in [7, 11) is 0. The highest BCUT2D eigenvalue weighted by Gasteiger charge is 2.07. The molecule has 0 saturated heterocycles. The van der Waals surface area contributed by atoms with E-state index in [0.717, 1.165) is 13.0 Å². The normalized spacial score (nSPS) is 11.4. The summed E-state index contributed by atoms with van der Waals surface area (Å²) >= 11 is 0. The minimum Gasteiger partial charge on any atom is -0.368 e. The van der Waals surface area contributed by atoms with Crippen molar-refractivity contribution >= 4 is 5.78 Å². The van der Waals surface area contributed by atoms with Crippen LogP contribution in [0.4, 0.5) is 0 Å². The summed E-state index contributed by atoms with van der Waals surface area (Å²) in [5, 5.41) is 17.1. The lowest BCUT2D eigenvalue weighted by Gasteiger charge is -2.07. The Morgan fingerprint density at radius 2 is 1.23 bits per heavy atom. The van der Waals surface area contributed by atoms with Gasteiger partial charge in [0.2, 0.25) is 0 Å². The molecule has 0 aliphatic carbocycles. The van der Waals surface area contributed by atoms with Crippen LogP contribution in [0.15, 0.2) is 10.2 Å². The van der Waals surface area contributed by atoms with E-state index in [1.54, 1.807) is 13.8 Å². The maximum atomic E-state index is 9.44. The first-order chi connectivity index (χ1) is 10.3. The Morgan fingerprint density at radius 3 is 1.59 bits per heavy atom. The third kappa shape index (κ3) is 31.6. The second-order valence-electron chi connectivity index (χ2n) is 6.55. The van der Waals surface area contributed by atoms with Gasteiger partial charge in [0.1, 0.15) is 5.78 Å². The Hall–Kier alpha value is -0.770. The quantitative estimate of drug-likeness (QED) is 0.372. The van der Waals surface area contributed by atoms with Crippen LogP contribution in [0.5, 0.6) is 0 Å². The summed E-state index contributed by atoms with van der Waals surface area (Å²) in [6.07, 6.45) is 13.3. The standard InChI is InChI=1S/C15H32N2O.C3H6O/c1-4-5-6-7-8-9-10-11-12-13-14-16-17-15(2,3)18;1-3(2)4/h18H,4-14H2,1-3H3;1-2H3. The van der Waals surface area contributed by atoms with E-state index in [2.05, 4.69) is 17.2 Å². The Bertz CT molecular complexity index is 267. The zero-order valence-corrected chi connectivity index (χ0v) is 15.5. The molecule has 0 bridgehead atoms. The highest BCUT2D eigenvalue weighted by Crippen LogP contribution is 2.10. The number of azo groups is 1. The first-order valence-electron chi connectivity index (χ1n) is 8.87. The number of carbonyl (C=O) groups excluding carboxylic acids is 1. The number of unbranched alkanes of at least 4 members (excludes halogenated alkanes) is 9. The zero-order chi connectivity index (χ0) is 17.3. The van der Waals surface area contributed by atoms with Crippen LogP contribution in [0.1, 0.15) is 98.8 Å². The van der Waals surface area contributed by atoms with E-state index in [0.29, 0.717) is 0 Å². The maximum absolute atomic E-state index is 9.44. The predicted molar refractivity (Wildman–Crippen MR) is 94.2 cm³/mol. The molecule has 0 aromatic rings. The van der Waals surface area contributed by atoms with E-state index in [4.69, 9.17) is 0 Å². The van der Waals surface area contributed by atoms with Gasteiger partial charge < -0.3 is 9.90 Å². The number of hydrogen-bond donors (Lipinski definition) is 1. The molecule has 0 unspecified atom stereocenters.